The highest BCUT2D eigenvalue weighted by molar-refractivity contribution is 5.78. The third-order valence-electron chi connectivity index (χ3n) is 3.91. The Morgan fingerprint density at radius 3 is 2.85 bits per heavy atom. The van der Waals surface area contributed by atoms with Crippen LogP contribution in [-0.4, -0.2) is 60.9 Å². The normalized spacial score (nSPS) is 26.7. The summed E-state index contributed by atoms with van der Waals surface area (Å²) in [6.45, 7) is 2.73. The van der Waals surface area contributed by atoms with Crippen molar-refractivity contribution in [3.63, 3.8) is 0 Å². The molecule has 0 aliphatic carbocycles. The van der Waals surface area contributed by atoms with Gasteiger partial charge in [0.1, 0.15) is 0 Å². The fourth-order valence-electron chi connectivity index (χ4n) is 2.71. The summed E-state index contributed by atoms with van der Waals surface area (Å²) in [6, 6.07) is 0. The van der Waals surface area contributed by atoms with Crippen LogP contribution in [0.5, 0.6) is 0 Å². The van der Waals surface area contributed by atoms with Gasteiger partial charge in [0.25, 0.3) is 0 Å². The van der Waals surface area contributed by atoms with Crippen LogP contribution >= 0.6 is 0 Å². The van der Waals surface area contributed by atoms with Crippen molar-refractivity contribution in [2.45, 2.75) is 38.2 Å². The zero-order valence-electron chi connectivity index (χ0n) is 11.8. The molecule has 2 aliphatic heterocycles. The van der Waals surface area contributed by atoms with Crippen molar-refractivity contribution in [2.75, 3.05) is 32.9 Å². The van der Waals surface area contributed by atoms with Gasteiger partial charge >= 0.3 is 5.97 Å². The molecule has 0 aromatic carbocycles. The molecule has 114 valence electrons. The number of piperidine rings is 1. The van der Waals surface area contributed by atoms with E-state index in [0.29, 0.717) is 39.1 Å². The third-order valence-corrected chi connectivity index (χ3v) is 3.91. The number of likely N-dealkylation sites (tertiary alicyclic amines) is 1. The summed E-state index contributed by atoms with van der Waals surface area (Å²) in [5, 5.41) is 9.00. The fourth-order valence-corrected chi connectivity index (χ4v) is 2.71. The highest BCUT2D eigenvalue weighted by Crippen LogP contribution is 2.17. The molecule has 1 amide bonds. The molecule has 2 aliphatic rings. The largest absolute Gasteiger partial charge is 0.481 e. The van der Waals surface area contributed by atoms with Crippen LogP contribution in [0.2, 0.25) is 0 Å². The van der Waals surface area contributed by atoms with Crippen molar-refractivity contribution >= 4 is 11.9 Å². The number of carbonyl (C=O) groups excluding carboxylic acids is 1. The molecule has 2 saturated heterocycles. The van der Waals surface area contributed by atoms with E-state index in [1.807, 2.05) is 0 Å². The lowest BCUT2D eigenvalue weighted by atomic mass is 9.98. The summed E-state index contributed by atoms with van der Waals surface area (Å²) in [7, 11) is 0. The number of rotatable bonds is 6. The Kier molecular flexibility index (Phi) is 5.79. The van der Waals surface area contributed by atoms with Crippen LogP contribution in [0.1, 0.15) is 32.1 Å². The van der Waals surface area contributed by atoms with E-state index in [-0.39, 0.29) is 12.0 Å². The first-order valence-corrected chi connectivity index (χ1v) is 7.36. The van der Waals surface area contributed by atoms with Gasteiger partial charge < -0.3 is 19.5 Å². The van der Waals surface area contributed by atoms with Crippen LogP contribution in [0.4, 0.5) is 0 Å². The average molecular weight is 285 g/mol. The second-order valence-electron chi connectivity index (χ2n) is 5.48. The summed E-state index contributed by atoms with van der Waals surface area (Å²) < 4.78 is 10.9. The minimum atomic E-state index is -0.808. The lowest BCUT2D eigenvalue weighted by Crippen LogP contribution is -2.42. The first-order chi connectivity index (χ1) is 9.66. The Labute approximate surface area is 119 Å². The van der Waals surface area contributed by atoms with E-state index in [1.54, 1.807) is 4.90 Å². The zero-order chi connectivity index (χ0) is 14.4. The van der Waals surface area contributed by atoms with Gasteiger partial charge in [0.2, 0.25) is 5.91 Å². The average Bonchev–Trinajstić information content (AvgIpc) is 2.96. The van der Waals surface area contributed by atoms with Crippen molar-refractivity contribution in [3.8, 4) is 0 Å². The number of carboxylic acid groups (broad SMARTS) is 1. The van der Waals surface area contributed by atoms with Gasteiger partial charge in [-0.05, 0) is 25.7 Å². The van der Waals surface area contributed by atoms with Crippen LogP contribution in [0.25, 0.3) is 0 Å². The second-order valence-corrected chi connectivity index (χ2v) is 5.48. The lowest BCUT2D eigenvalue weighted by Gasteiger charge is -2.30. The van der Waals surface area contributed by atoms with Crippen molar-refractivity contribution < 1.29 is 24.2 Å². The molecule has 2 fully saturated rings. The molecule has 6 nitrogen and oxygen atoms in total. The van der Waals surface area contributed by atoms with E-state index in [1.165, 1.54) is 0 Å². The van der Waals surface area contributed by atoms with Gasteiger partial charge in [-0.3, -0.25) is 9.59 Å². The SMILES string of the molecule is O=C(O)[C@@H]1CCCN(C(=O)CCOC[C@@H]2CCCO2)C1. The molecule has 0 saturated carbocycles. The van der Waals surface area contributed by atoms with Crippen molar-refractivity contribution in [1.82, 2.24) is 4.90 Å². The number of carbonyl (C=O) groups is 2. The highest BCUT2D eigenvalue weighted by atomic mass is 16.5. The van der Waals surface area contributed by atoms with E-state index in [2.05, 4.69) is 0 Å². The standard InChI is InChI=1S/C14H23NO5/c16-13(5-8-19-10-12-4-2-7-20-12)15-6-1-3-11(9-15)14(17)18/h11-12H,1-10H2,(H,17,18)/t11-,12+/m1/s1. The predicted octanol–water partition coefficient (Wildman–Crippen LogP) is 0.895. The Morgan fingerprint density at radius 2 is 2.15 bits per heavy atom. The smallest absolute Gasteiger partial charge is 0.308 e. The van der Waals surface area contributed by atoms with Crippen LogP contribution in [-0.2, 0) is 19.1 Å². The van der Waals surface area contributed by atoms with Gasteiger partial charge in [-0.25, -0.2) is 0 Å². The van der Waals surface area contributed by atoms with Crippen molar-refractivity contribution in [3.05, 3.63) is 0 Å². The lowest BCUT2D eigenvalue weighted by molar-refractivity contribution is -0.146. The Morgan fingerprint density at radius 1 is 1.30 bits per heavy atom. The fraction of sp³-hybridized carbons (Fsp3) is 0.857. The molecule has 2 atom stereocenters. The van der Waals surface area contributed by atoms with Crippen LogP contribution in [0.3, 0.4) is 0 Å². The van der Waals surface area contributed by atoms with Gasteiger partial charge in [-0.2, -0.15) is 0 Å². The molecule has 1 N–H and O–H groups in total. The van der Waals surface area contributed by atoms with Crippen LogP contribution in [0, 0.1) is 5.92 Å². The van der Waals surface area contributed by atoms with E-state index >= 15 is 0 Å². The number of carboxylic acids is 1. The quantitative estimate of drug-likeness (QED) is 0.734. The molecule has 0 aromatic rings. The molecular formula is C14H23NO5. The second kappa shape index (κ2) is 7.59. The first kappa shape index (κ1) is 15.3. The predicted molar refractivity (Wildman–Crippen MR) is 71.3 cm³/mol. The molecule has 6 heteroatoms. The van der Waals surface area contributed by atoms with E-state index in [0.717, 1.165) is 25.9 Å². The van der Waals surface area contributed by atoms with Gasteiger partial charge in [0.15, 0.2) is 0 Å². The summed E-state index contributed by atoms with van der Waals surface area (Å²) >= 11 is 0. The maximum atomic E-state index is 12.0. The molecule has 0 bridgehead atoms. The summed E-state index contributed by atoms with van der Waals surface area (Å²) in [4.78, 5) is 24.6. The summed E-state index contributed by atoms with van der Waals surface area (Å²) in [5.74, 6) is -1.24. The van der Waals surface area contributed by atoms with Gasteiger partial charge in [-0.1, -0.05) is 0 Å². The van der Waals surface area contributed by atoms with Gasteiger partial charge in [0, 0.05) is 19.7 Å². The number of ether oxygens (including phenoxy) is 2. The van der Waals surface area contributed by atoms with E-state index < -0.39 is 11.9 Å². The Balaban J connectivity index is 1.62. The number of hydrogen-bond donors (Lipinski definition) is 1. The minimum Gasteiger partial charge on any atom is -0.481 e. The minimum absolute atomic E-state index is 0.0108. The Hall–Kier alpha value is -1.14. The number of amides is 1. The highest BCUT2D eigenvalue weighted by Gasteiger charge is 2.27. The molecule has 20 heavy (non-hydrogen) atoms. The van der Waals surface area contributed by atoms with Crippen LogP contribution < -0.4 is 0 Å². The van der Waals surface area contributed by atoms with Gasteiger partial charge in [0.05, 0.1) is 31.7 Å². The molecular weight excluding hydrogens is 262 g/mol. The monoisotopic (exact) mass is 285 g/mol. The Bertz CT molecular complexity index is 340. The maximum Gasteiger partial charge on any atom is 0.308 e. The first-order valence-electron chi connectivity index (χ1n) is 7.36. The molecule has 0 unspecified atom stereocenters. The summed E-state index contributed by atoms with van der Waals surface area (Å²) in [5.41, 5.74) is 0. The third kappa shape index (κ3) is 4.45. The number of hydrogen-bond acceptors (Lipinski definition) is 4. The van der Waals surface area contributed by atoms with Gasteiger partial charge in [-0.15, -0.1) is 0 Å². The molecule has 2 rings (SSSR count). The van der Waals surface area contributed by atoms with Crippen LogP contribution in [0.15, 0.2) is 0 Å². The molecule has 2 heterocycles. The topological polar surface area (TPSA) is 76.1 Å². The van der Waals surface area contributed by atoms with E-state index in [4.69, 9.17) is 14.6 Å². The maximum absolute atomic E-state index is 12.0. The van der Waals surface area contributed by atoms with E-state index in [9.17, 15) is 9.59 Å². The van der Waals surface area contributed by atoms with Crippen molar-refractivity contribution in [2.24, 2.45) is 5.92 Å². The number of nitrogens with zero attached hydrogens (tertiary/aromatic N) is 1. The summed E-state index contributed by atoms with van der Waals surface area (Å²) in [6.07, 6.45) is 4.03. The van der Waals surface area contributed by atoms with Crippen molar-refractivity contribution in [1.29, 1.82) is 0 Å². The zero-order valence-corrected chi connectivity index (χ0v) is 11.8. The molecule has 0 aromatic heterocycles. The molecule has 0 spiro atoms. The molecule has 0 radical (unpaired) electrons. The number of aliphatic carboxylic acids is 1.